The van der Waals surface area contributed by atoms with E-state index < -0.39 is 5.82 Å². The number of nitrogens with two attached hydrogens (primary N) is 1. The van der Waals surface area contributed by atoms with Crippen molar-refractivity contribution in [3.8, 4) is 0 Å². The highest BCUT2D eigenvalue weighted by Crippen LogP contribution is 2.34. The molecule has 0 heterocycles. The molecular weight excluding hydrogens is 314 g/mol. The highest BCUT2D eigenvalue weighted by molar-refractivity contribution is 6.41. The molecule has 0 unspecified atom stereocenters. The molecule has 0 atom stereocenters. The minimum absolute atomic E-state index is 0.207. The van der Waals surface area contributed by atoms with Crippen LogP contribution in [0.2, 0.25) is 5.02 Å². The van der Waals surface area contributed by atoms with Crippen LogP contribution in [0.25, 0.3) is 0 Å². The summed E-state index contributed by atoms with van der Waals surface area (Å²) < 4.78 is 13.2. The van der Waals surface area contributed by atoms with Crippen molar-refractivity contribution in [3.63, 3.8) is 0 Å². The van der Waals surface area contributed by atoms with Gasteiger partial charge < -0.3 is 5.73 Å². The maximum Gasteiger partial charge on any atom is 0.147 e. The SMILES string of the molecule is CN=C(C1=C(N)CCC(C=O)=C1Cl)c1ccc(F)cc1Cl. The number of allylic oxidation sites excluding steroid dienone is 4. The number of nitrogens with zero attached hydrogens (tertiary/aromatic N) is 1. The molecule has 0 aromatic heterocycles. The second-order valence-corrected chi connectivity index (χ2v) is 5.34. The third-order valence-electron chi connectivity index (χ3n) is 3.28. The molecule has 1 aromatic carbocycles. The van der Waals surface area contributed by atoms with Gasteiger partial charge in [-0.25, -0.2) is 4.39 Å². The Balaban J connectivity index is 2.61. The summed E-state index contributed by atoms with van der Waals surface area (Å²) >= 11 is 12.3. The van der Waals surface area contributed by atoms with E-state index in [4.69, 9.17) is 28.9 Å². The lowest BCUT2D eigenvalue weighted by molar-refractivity contribution is -0.105. The van der Waals surface area contributed by atoms with Gasteiger partial charge in [0.2, 0.25) is 0 Å². The number of carbonyl (C=O) groups excluding carboxylic acids is 1. The number of carbonyl (C=O) groups is 1. The monoisotopic (exact) mass is 326 g/mol. The van der Waals surface area contributed by atoms with E-state index in [0.717, 1.165) is 0 Å². The van der Waals surface area contributed by atoms with Gasteiger partial charge in [-0.3, -0.25) is 9.79 Å². The number of halogens is 3. The number of benzene rings is 1. The number of rotatable bonds is 3. The van der Waals surface area contributed by atoms with Gasteiger partial charge in [0, 0.05) is 29.5 Å². The van der Waals surface area contributed by atoms with Gasteiger partial charge in [-0.1, -0.05) is 23.2 Å². The molecule has 0 saturated heterocycles. The molecule has 0 radical (unpaired) electrons. The molecule has 0 amide bonds. The Morgan fingerprint density at radius 2 is 2.10 bits per heavy atom. The molecule has 2 N–H and O–H groups in total. The van der Waals surface area contributed by atoms with Crippen molar-refractivity contribution in [1.29, 1.82) is 0 Å². The van der Waals surface area contributed by atoms with Gasteiger partial charge in [-0.2, -0.15) is 0 Å². The number of aliphatic imine (C=N–C) groups is 1. The van der Waals surface area contributed by atoms with E-state index in [0.29, 0.717) is 47.2 Å². The van der Waals surface area contributed by atoms with Crippen LogP contribution < -0.4 is 5.73 Å². The van der Waals surface area contributed by atoms with Crippen molar-refractivity contribution >= 4 is 35.2 Å². The second kappa shape index (κ2) is 6.41. The summed E-state index contributed by atoms with van der Waals surface area (Å²) in [6.07, 6.45) is 1.72. The van der Waals surface area contributed by atoms with Crippen molar-refractivity contribution in [2.75, 3.05) is 7.05 Å². The summed E-state index contributed by atoms with van der Waals surface area (Å²) in [4.78, 5) is 15.2. The first kappa shape index (κ1) is 15.7. The first-order chi connectivity index (χ1) is 9.99. The average Bonchev–Trinajstić information content (AvgIpc) is 2.44. The van der Waals surface area contributed by atoms with E-state index in [1.807, 2.05) is 0 Å². The molecule has 2 rings (SSSR count). The zero-order valence-electron chi connectivity index (χ0n) is 11.3. The van der Waals surface area contributed by atoms with Gasteiger partial charge in [0.25, 0.3) is 0 Å². The fraction of sp³-hybridized carbons (Fsp3) is 0.200. The predicted octanol–water partition coefficient (Wildman–Crippen LogP) is 3.60. The lowest BCUT2D eigenvalue weighted by Crippen LogP contribution is -2.18. The van der Waals surface area contributed by atoms with Crippen LogP contribution in [0.5, 0.6) is 0 Å². The zero-order valence-corrected chi connectivity index (χ0v) is 12.8. The number of hydrogen-bond donors (Lipinski definition) is 1. The van der Waals surface area contributed by atoms with Crippen LogP contribution in [0.4, 0.5) is 4.39 Å². The molecule has 21 heavy (non-hydrogen) atoms. The van der Waals surface area contributed by atoms with Gasteiger partial charge in [0.05, 0.1) is 15.8 Å². The van der Waals surface area contributed by atoms with Crippen LogP contribution >= 0.6 is 23.2 Å². The maximum atomic E-state index is 13.2. The third kappa shape index (κ3) is 3.01. The Hall–Kier alpha value is -1.65. The van der Waals surface area contributed by atoms with Crippen molar-refractivity contribution in [1.82, 2.24) is 0 Å². The van der Waals surface area contributed by atoms with Crippen LogP contribution in [-0.2, 0) is 4.79 Å². The Kier molecular flexibility index (Phi) is 4.80. The Morgan fingerprint density at radius 3 is 2.67 bits per heavy atom. The third-order valence-corrected chi connectivity index (χ3v) is 4.02. The van der Waals surface area contributed by atoms with Gasteiger partial charge >= 0.3 is 0 Å². The smallest absolute Gasteiger partial charge is 0.147 e. The first-order valence-electron chi connectivity index (χ1n) is 6.25. The molecule has 1 aliphatic rings. The van der Waals surface area contributed by atoms with E-state index in [2.05, 4.69) is 4.99 Å². The van der Waals surface area contributed by atoms with Crippen LogP contribution in [0.15, 0.2) is 45.1 Å². The molecule has 0 aliphatic heterocycles. The van der Waals surface area contributed by atoms with E-state index in [-0.39, 0.29) is 10.1 Å². The van der Waals surface area contributed by atoms with Crippen molar-refractivity contribution < 1.29 is 9.18 Å². The molecule has 0 bridgehead atoms. The molecule has 110 valence electrons. The Bertz CT molecular complexity index is 693. The highest BCUT2D eigenvalue weighted by atomic mass is 35.5. The molecular formula is C15H13Cl2FN2O. The Labute approximate surface area is 131 Å². The van der Waals surface area contributed by atoms with E-state index in [1.54, 1.807) is 7.05 Å². The molecule has 0 fully saturated rings. The van der Waals surface area contributed by atoms with E-state index >= 15 is 0 Å². The van der Waals surface area contributed by atoms with Crippen LogP contribution in [-0.4, -0.2) is 19.0 Å². The summed E-state index contributed by atoms with van der Waals surface area (Å²) in [6.45, 7) is 0. The van der Waals surface area contributed by atoms with Gasteiger partial charge in [-0.05, 0) is 31.0 Å². The topological polar surface area (TPSA) is 55.4 Å². The summed E-state index contributed by atoms with van der Waals surface area (Å²) in [5, 5.41) is 0.480. The molecule has 3 nitrogen and oxygen atoms in total. The maximum absolute atomic E-state index is 13.2. The minimum Gasteiger partial charge on any atom is -0.401 e. The molecule has 0 spiro atoms. The fourth-order valence-electron chi connectivity index (χ4n) is 2.22. The van der Waals surface area contributed by atoms with E-state index in [9.17, 15) is 9.18 Å². The largest absolute Gasteiger partial charge is 0.401 e. The first-order valence-corrected chi connectivity index (χ1v) is 7.00. The normalized spacial score (nSPS) is 16.5. The molecule has 6 heteroatoms. The second-order valence-electron chi connectivity index (χ2n) is 4.55. The summed E-state index contributed by atoms with van der Waals surface area (Å²) in [5.74, 6) is -0.444. The summed E-state index contributed by atoms with van der Waals surface area (Å²) in [5.41, 5.74) is 8.48. The number of aldehydes is 1. The van der Waals surface area contributed by atoms with E-state index in [1.165, 1.54) is 18.2 Å². The molecule has 1 aromatic rings. The standard InChI is InChI=1S/C15H13Cl2FN2O/c1-20-15(10-4-3-9(18)6-11(10)16)13-12(19)5-2-8(7-21)14(13)17/h3-4,6-7H,2,5,19H2,1H3. The van der Waals surface area contributed by atoms with Gasteiger partial charge in [0.15, 0.2) is 0 Å². The van der Waals surface area contributed by atoms with Crippen molar-refractivity contribution in [2.45, 2.75) is 12.8 Å². The van der Waals surface area contributed by atoms with Gasteiger partial charge in [0.1, 0.15) is 12.1 Å². The van der Waals surface area contributed by atoms with Crippen LogP contribution in [0, 0.1) is 5.82 Å². The fourth-order valence-corrected chi connectivity index (χ4v) is 2.83. The number of hydrogen-bond acceptors (Lipinski definition) is 3. The van der Waals surface area contributed by atoms with Gasteiger partial charge in [-0.15, -0.1) is 0 Å². The summed E-state index contributed by atoms with van der Waals surface area (Å²) in [6, 6.07) is 3.99. The van der Waals surface area contributed by atoms with Crippen LogP contribution in [0.3, 0.4) is 0 Å². The molecule has 1 aliphatic carbocycles. The van der Waals surface area contributed by atoms with Crippen molar-refractivity contribution in [3.05, 3.63) is 56.5 Å². The lowest BCUT2D eigenvalue weighted by atomic mass is 9.91. The quantitative estimate of drug-likeness (QED) is 0.681. The molecule has 0 saturated carbocycles. The zero-order chi connectivity index (χ0) is 15.6. The van der Waals surface area contributed by atoms with Crippen LogP contribution in [0.1, 0.15) is 18.4 Å². The predicted molar refractivity (Wildman–Crippen MR) is 83.3 cm³/mol. The summed E-state index contributed by atoms with van der Waals surface area (Å²) in [7, 11) is 1.56. The highest BCUT2D eigenvalue weighted by Gasteiger charge is 2.24. The Morgan fingerprint density at radius 1 is 1.38 bits per heavy atom. The lowest BCUT2D eigenvalue weighted by Gasteiger charge is -2.20. The minimum atomic E-state index is -0.444. The van der Waals surface area contributed by atoms with Crippen molar-refractivity contribution in [2.24, 2.45) is 10.7 Å². The average molecular weight is 327 g/mol.